The maximum atomic E-state index is 12.3. The number of rotatable bonds is 2. The maximum absolute atomic E-state index is 12.3. The van der Waals surface area contributed by atoms with Crippen molar-refractivity contribution in [3.05, 3.63) is 29.3 Å². The summed E-state index contributed by atoms with van der Waals surface area (Å²) in [5.41, 5.74) is 0.558. The van der Waals surface area contributed by atoms with Gasteiger partial charge in [0.05, 0.1) is 0 Å². The Hall–Kier alpha value is -1.22. The molecule has 1 amide bonds. The Bertz CT molecular complexity index is 795. The number of ether oxygens (including phenoxy) is 1. The monoisotopic (exact) mass is 415 g/mol. The van der Waals surface area contributed by atoms with Gasteiger partial charge in [0.1, 0.15) is 11.9 Å². The molecule has 1 saturated heterocycles. The molecule has 4 aliphatic rings. The highest BCUT2D eigenvalue weighted by Gasteiger charge is 2.61. The van der Waals surface area contributed by atoms with E-state index in [1.165, 1.54) is 32.1 Å². The van der Waals surface area contributed by atoms with Crippen LogP contribution in [0.25, 0.3) is 0 Å². The molecule has 29 heavy (non-hydrogen) atoms. The van der Waals surface area contributed by atoms with E-state index in [-0.39, 0.29) is 5.41 Å². The SMILES string of the molecule is CN1C(=O)CC[C@@]2(C)C1CC[C@@H]1[C@H]2CC[C@]2(C)C(Oc3ccc(Cl)cc3)CC[C@@H]12. The van der Waals surface area contributed by atoms with Crippen LogP contribution < -0.4 is 4.74 Å². The number of halogens is 1. The summed E-state index contributed by atoms with van der Waals surface area (Å²) >= 11 is 6.05. The van der Waals surface area contributed by atoms with Crippen molar-refractivity contribution < 1.29 is 9.53 Å². The lowest BCUT2D eigenvalue weighted by Crippen LogP contribution is -2.61. The van der Waals surface area contributed by atoms with Crippen LogP contribution in [0.2, 0.25) is 5.02 Å². The molecule has 0 bridgehead atoms. The Morgan fingerprint density at radius 3 is 2.45 bits per heavy atom. The fourth-order valence-corrected chi connectivity index (χ4v) is 8.10. The van der Waals surface area contributed by atoms with Crippen LogP contribution in [0.1, 0.15) is 65.2 Å². The molecule has 2 unspecified atom stereocenters. The highest BCUT2D eigenvalue weighted by atomic mass is 35.5. The van der Waals surface area contributed by atoms with E-state index in [0.717, 1.165) is 47.8 Å². The third-order valence-corrected chi connectivity index (χ3v) is 9.81. The normalized spacial score (nSPS) is 44.1. The second-order valence-electron chi connectivity index (χ2n) is 10.7. The molecule has 0 radical (unpaired) electrons. The number of hydrogen-bond donors (Lipinski definition) is 0. The van der Waals surface area contributed by atoms with Crippen LogP contribution in [0.15, 0.2) is 24.3 Å². The van der Waals surface area contributed by atoms with Gasteiger partial charge in [-0.25, -0.2) is 0 Å². The first-order valence-corrected chi connectivity index (χ1v) is 11.9. The lowest BCUT2D eigenvalue weighted by Gasteiger charge is -2.61. The van der Waals surface area contributed by atoms with E-state index in [0.29, 0.717) is 23.5 Å². The second-order valence-corrected chi connectivity index (χ2v) is 11.1. The van der Waals surface area contributed by atoms with E-state index >= 15 is 0 Å². The van der Waals surface area contributed by atoms with Gasteiger partial charge in [-0.2, -0.15) is 0 Å². The molecule has 3 aliphatic carbocycles. The first kappa shape index (κ1) is 19.7. The number of nitrogens with zero attached hydrogens (tertiary/aromatic N) is 1. The molecule has 1 aliphatic heterocycles. The summed E-state index contributed by atoms with van der Waals surface area (Å²) in [6, 6.07) is 8.30. The highest BCUT2D eigenvalue weighted by molar-refractivity contribution is 6.30. The van der Waals surface area contributed by atoms with E-state index in [1.54, 1.807) is 0 Å². The summed E-state index contributed by atoms with van der Waals surface area (Å²) in [5, 5.41) is 0.759. The predicted molar refractivity (Wildman–Crippen MR) is 116 cm³/mol. The Labute approximate surface area is 180 Å². The van der Waals surface area contributed by atoms with E-state index in [9.17, 15) is 4.79 Å². The van der Waals surface area contributed by atoms with Gasteiger partial charge in [0, 0.05) is 29.9 Å². The number of piperidine rings is 1. The highest BCUT2D eigenvalue weighted by Crippen LogP contribution is 2.65. The van der Waals surface area contributed by atoms with Crippen LogP contribution in [-0.2, 0) is 4.79 Å². The quantitative estimate of drug-likeness (QED) is 0.597. The minimum atomic E-state index is 0.264. The summed E-state index contributed by atoms with van der Waals surface area (Å²) in [6.07, 6.45) is 9.54. The lowest BCUT2D eigenvalue weighted by molar-refractivity contribution is -0.159. The van der Waals surface area contributed by atoms with Gasteiger partial charge in [0.25, 0.3) is 0 Å². The van der Waals surface area contributed by atoms with Crippen LogP contribution >= 0.6 is 11.6 Å². The predicted octanol–water partition coefficient (Wildman–Crippen LogP) is 5.95. The molecule has 4 fully saturated rings. The van der Waals surface area contributed by atoms with Crippen molar-refractivity contribution in [1.82, 2.24) is 4.90 Å². The van der Waals surface area contributed by atoms with E-state index in [2.05, 4.69) is 18.7 Å². The van der Waals surface area contributed by atoms with Crippen molar-refractivity contribution in [3.8, 4) is 5.75 Å². The van der Waals surface area contributed by atoms with Gasteiger partial charge in [-0.05, 0) is 92.4 Å². The Morgan fingerprint density at radius 1 is 0.966 bits per heavy atom. The molecule has 158 valence electrons. The third kappa shape index (κ3) is 2.94. The first-order chi connectivity index (χ1) is 13.8. The van der Waals surface area contributed by atoms with Crippen molar-refractivity contribution >= 4 is 17.5 Å². The molecular weight excluding hydrogens is 382 g/mol. The summed E-state index contributed by atoms with van der Waals surface area (Å²) in [5.74, 6) is 3.59. The maximum Gasteiger partial charge on any atom is 0.222 e. The Morgan fingerprint density at radius 2 is 1.69 bits per heavy atom. The Kier molecular flexibility index (Phi) is 4.70. The van der Waals surface area contributed by atoms with Crippen LogP contribution in [-0.4, -0.2) is 30.0 Å². The summed E-state index contributed by atoms with van der Waals surface area (Å²) in [4.78, 5) is 14.4. The van der Waals surface area contributed by atoms with Gasteiger partial charge in [-0.1, -0.05) is 25.4 Å². The molecule has 5 rings (SSSR count). The van der Waals surface area contributed by atoms with Gasteiger partial charge in [0.15, 0.2) is 0 Å². The summed E-state index contributed by atoms with van der Waals surface area (Å²) in [6.45, 7) is 4.99. The number of benzene rings is 1. The minimum Gasteiger partial charge on any atom is -0.490 e. The number of amides is 1. The van der Waals surface area contributed by atoms with Gasteiger partial charge in [-0.15, -0.1) is 0 Å². The number of carbonyl (C=O) groups excluding carboxylic acids is 1. The first-order valence-electron chi connectivity index (χ1n) is 11.5. The molecule has 3 nitrogen and oxygen atoms in total. The average molecular weight is 416 g/mol. The van der Waals surface area contributed by atoms with Crippen LogP contribution in [0.3, 0.4) is 0 Å². The summed E-state index contributed by atoms with van der Waals surface area (Å²) < 4.78 is 6.53. The van der Waals surface area contributed by atoms with Crippen LogP contribution in [0.4, 0.5) is 0 Å². The number of hydrogen-bond acceptors (Lipinski definition) is 2. The van der Waals surface area contributed by atoms with Gasteiger partial charge in [-0.3, -0.25) is 4.79 Å². The number of fused-ring (bicyclic) bond motifs is 5. The van der Waals surface area contributed by atoms with Crippen molar-refractivity contribution in [2.75, 3.05) is 7.05 Å². The van der Waals surface area contributed by atoms with Crippen molar-refractivity contribution in [1.29, 1.82) is 0 Å². The lowest BCUT2D eigenvalue weighted by atomic mass is 9.47. The molecule has 0 N–H and O–H groups in total. The molecule has 7 atom stereocenters. The fraction of sp³-hybridized carbons (Fsp3) is 0.720. The molecule has 4 heteroatoms. The van der Waals surface area contributed by atoms with E-state index in [4.69, 9.17) is 16.3 Å². The Balaban J connectivity index is 1.37. The molecule has 0 aromatic heterocycles. The fourth-order valence-electron chi connectivity index (χ4n) is 7.97. The zero-order chi connectivity index (χ0) is 20.4. The van der Waals surface area contributed by atoms with E-state index < -0.39 is 0 Å². The molecular formula is C25H34ClNO2. The van der Waals surface area contributed by atoms with Crippen LogP contribution in [0, 0.1) is 28.6 Å². The molecule has 1 heterocycles. The molecule has 1 aromatic rings. The van der Waals surface area contributed by atoms with Crippen molar-refractivity contribution in [2.24, 2.45) is 28.6 Å². The minimum absolute atomic E-state index is 0.264. The zero-order valence-electron chi connectivity index (χ0n) is 18.0. The number of likely N-dealkylation sites (tertiary alicyclic amines) is 1. The average Bonchev–Trinajstić information content (AvgIpc) is 3.03. The zero-order valence-corrected chi connectivity index (χ0v) is 18.8. The largest absolute Gasteiger partial charge is 0.490 e. The molecule has 0 spiro atoms. The van der Waals surface area contributed by atoms with Gasteiger partial charge >= 0.3 is 0 Å². The van der Waals surface area contributed by atoms with Gasteiger partial charge in [0.2, 0.25) is 5.91 Å². The summed E-state index contributed by atoms with van der Waals surface area (Å²) in [7, 11) is 2.04. The van der Waals surface area contributed by atoms with Gasteiger partial charge < -0.3 is 9.64 Å². The van der Waals surface area contributed by atoms with E-state index in [1.807, 2.05) is 31.3 Å². The topological polar surface area (TPSA) is 29.5 Å². The van der Waals surface area contributed by atoms with Crippen molar-refractivity contribution in [2.45, 2.75) is 77.4 Å². The second kappa shape index (κ2) is 6.90. The molecule has 1 aromatic carbocycles. The third-order valence-electron chi connectivity index (χ3n) is 9.56. The van der Waals surface area contributed by atoms with Crippen LogP contribution in [0.5, 0.6) is 5.75 Å². The number of carbonyl (C=O) groups is 1. The smallest absolute Gasteiger partial charge is 0.222 e. The molecule has 3 saturated carbocycles. The standard InChI is InChI=1S/C25H34ClNO2/c1-24-15-13-23(28)27(3)21(24)10-8-18-19-9-11-22(25(19,2)14-12-20(18)24)29-17-6-4-16(26)5-7-17/h4-7,18-22H,8-15H2,1-3H3/t18-,19-,20+,21?,22?,24+,25-/m0/s1. The van der Waals surface area contributed by atoms with Crippen molar-refractivity contribution in [3.63, 3.8) is 0 Å².